The van der Waals surface area contributed by atoms with E-state index in [1.165, 1.54) is 16.4 Å². The molecule has 0 saturated heterocycles. The second-order valence-corrected chi connectivity index (χ2v) is 9.66. The Labute approximate surface area is 200 Å². The summed E-state index contributed by atoms with van der Waals surface area (Å²) in [5.41, 5.74) is 3.36. The van der Waals surface area contributed by atoms with Crippen LogP contribution in [0.25, 0.3) is 0 Å². The van der Waals surface area contributed by atoms with Crippen LogP contribution in [0.4, 0.5) is 0 Å². The number of carbonyl (C=O) groups is 1. The normalized spacial score (nSPS) is 12.1. The summed E-state index contributed by atoms with van der Waals surface area (Å²) in [7, 11) is 0. The lowest BCUT2D eigenvalue weighted by Crippen LogP contribution is -2.36. The van der Waals surface area contributed by atoms with Crippen molar-refractivity contribution < 1.29 is 9.53 Å². The lowest BCUT2D eigenvalue weighted by atomic mass is 10.0. The van der Waals surface area contributed by atoms with E-state index in [2.05, 4.69) is 36.2 Å². The van der Waals surface area contributed by atoms with Gasteiger partial charge in [0.1, 0.15) is 12.4 Å². The summed E-state index contributed by atoms with van der Waals surface area (Å²) in [5.74, 6) is 7.95. The number of aromatic nitrogens is 3. The summed E-state index contributed by atoms with van der Waals surface area (Å²) in [5, 5.41) is 8.52. The number of aryl methyl sites for hydroxylation is 1. The van der Waals surface area contributed by atoms with Crippen molar-refractivity contribution in [2.24, 2.45) is 0 Å². The summed E-state index contributed by atoms with van der Waals surface area (Å²) < 4.78 is 7.46. The lowest BCUT2D eigenvalue weighted by Gasteiger charge is -2.24. The van der Waals surface area contributed by atoms with Gasteiger partial charge in [-0.05, 0) is 49.4 Å². The van der Waals surface area contributed by atoms with E-state index in [1.54, 1.807) is 0 Å². The summed E-state index contributed by atoms with van der Waals surface area (Å²) in [6, 6.07) is 16.2. The van der Waals surface area contributed by atoms with Gasteiger partial charge >= 0.3 is 0 Å². The van der Waals surface area contributed by atoms with Gasteiger partial charge in [0.2, 0.25) is 11.1 Å². The van der Waals surface area contributed by atoms with E-state index in [4.69, 9.17) is 10.6 Å². The molecular weight excluding hydrogens is 434 g/mol. The number of rotatable bonds is 10. The monoisotopic (exact) mass is 467 g/mol. The minimum atomic E-state index is -0.349. The third-order valence-corrected chi connectivity index (χ3v) is 6.47. The van der Waals surface area contributed by atoms with Crippen molar-refractivity contribution in [1.29, 1.82) is 0 Å². The van der Waals surface area contributed by atoms with E-state index in [1.807, 2.05) is 62.1 Å². The fourth-order valence-electron chi connectivity index (χ4n) is 3.49. The second kappa shape index (κ2) is 11.2. The highest BCUT2D eigenvalue weighted by Gasteiger charge is 2.24. The third kappa shape index (κ3) is 6.28. The molecule has 1 unspecified atom stereocenters. The summed E-state index contributed by atoms with van der Waals surface area (Å²) in [4.78, 5) is 14.9. The molecule has 0 aliphatic carbocycles. The molecule has 176 valence electrons. The smallest absolute Gasteiger partial charge is 0.236 e. The summed E-state index contributed by atoms with van der Waals surface area (Å²) in [6.45, 7) is 11.5. The van der Waals surface area contributed by atoms with Gasteiger partial charge in [-0.1, -0.05) is 68.1 Å². The van der Waals surface area contributed by atoms with Crippen molar-refractivity contribution in [2.45, 2.75) is 64.1 Å². The van der Waals surface area contributed by atoms with E-state index in [9.17, 15) is 4.79 Å². The van der Waals surface area contributed by atoms with Gasteiger partial charge in [0.15, 0.2) is 5.82 Å². The Kier molecular flexibility index (Phi) is 8.38. The van der Waals surface area contributed by atoms with Crippen LogP contribution in [-0.4, -0.2) is 37.5 Å². The fourth-order valence-corrected chi connectivity index (χ4v) is 4.36. The highest BCUT2D eigenvalue weighted by molar-refractivity contribution is 8.00. The molecule has 1 amide bonds. The number of benzene rings is 2. The zero-order chi connectivity index (χ0) is 24.0. The molecule has 0 spiro atoms. The lowest BCUT2D eigenvalue weighted by molar-refractivity contribution is -0.130. The van der Waals surface area contributed by atoms with E-state index >= 15 is 0 Å². The Morgan fingerprint density at radius 1 is 1.15 bits per heavy atom. The first kappa shape index (κ1) is 24.6. The minimum Gasteiger partial charge on any atom is -0.485 e. The van der Waals surface area contributed by atoms with E-state index in [-0.39, 0.29) is 17.8 Å². The van der Waals surface area contributed by atoms with Gasteiger partial charge in [-0.3, -0.25) is 4.79 Å². The van der Waals surface area contributed by atoms with Crippen LogP contribution in [0, 0.1) is 6.92 Å². The molecule has 0 radical (unpaired) electrons. The van der Waals surface area contributed by atoms with Gasteiger partial charge in [0.25, 0.3) is 0 Å². The number of nitrogens with zero attached hydrogens (tertiary/aromatic N) is 4. The topological polar surface area (TPSA) is 86.3 Å². The molecule has 0 saturated carbocycles. The molecule has 33 heavy (non-hydrogen) atoms. The standard InChI is InChI=1S/C25H33N5O2S/c1-6-29(15-20-10-8-7-9-11-20)24(31)19(5)33-25-28-27-23(30(25)26)16-32-22-14-18(4)12-13-21(22)17(2)3/h7-14,17,19H,6,15-16,26H2,1-5H3. The van der Waals surface area contributed by atoms with Crippen LogP contribution in [0.5, 0.6) is 5.75 Å². The Morgan fingerprint density at radius 2 is 1.88 bits per heavy atom. The largest absolute Gasteiger partial charge is 0.485 e. The fraction of sp³-hybridized carbons (Fsp3) is 0.400. The average molecular weight is 468 g/mol. The molecule has 0 aliphatic rings. The van der Waals surface area contributed by atoms with E-state index < -0.39 is 0 Å². The maximum Gasteiger partial charge on any atom is 0.236 e. The van der Waals surface area contributed by atoms with Crippen molar-refractivity contribution in [1.82, 2.24) is 19.8 Å². The molecule has 0 bridgehead atoms. The zero-order valence-corrected chi connectivity index (χ0v) is 20.8. The van der Waals surface area contributed by atoms with Gasteiger partial charge < -0.3 is 15.5 Å². The number of ether oxygens (including phenoxy) is 1. The van der Waals surface area contributed by atoms with E-state index in [0.29, 0.717) is 30.0 Å². The number of hydrogen-bond donors (Lipinski definition) is 1. The number of thioether (sulfide) groups is 1. The first-order valence-electron chi connectivity index (χ1n) is 11.2. The van der Waals surface area contributed by atoms with Gasteiger partial charge in [-0.15, -0.1) is 10.2 Å². The van der Waals surface area contributed by atoms with E-state index in [0.717, 1.165) is 22.4 Å². The van der Waals surface area contributed by atoms with Gasteiger partial charge in [0.05, 0.1) is 5.25 Å². The first-order valence-corrected chi connectivity index (χ1v) is 12.1. The number of carbonyl (C=O) groups excluding carboxylic acids is 1. The molecule has 2 N–H and O–H groups in total. The van der Waals surface area contributed by atoms with Crippen LogP contribution in [0.3, 0.4) is 0 Å². The molecule has 3 rings (SSSR count). The number of amides is 1. The molecule has 0 aliphatic heterocycles. The molecule has 2 aromatic carbocycles. The van der Waals surface area contributed by atoms with Crippen LogP contribution in [0.15, 0.2) is 53.7 Å². The van der Waals surface area contributed by atoms with Crippen molar-refractivity contribution in [3.05, 3.63) is 71.0 Å². The highest BCUT2D eigenvalue weighted by atomic mass is 32.2. The van der Waals surface area contributed by atoms with Gasteiger partial charge in [0, 0.05) is 13.1 Å². The Balaban J connectivity index is 1.64. The maximum atomic E-state index is 13.0. The SMILES string of the molecule is CCN(Cc1ccccc1)C(=O)C(C)Sc1nnc(COc2cc(C)ccc2C(C)C)n1N. The Morgan fingerprint density at radius 3 is 2.55 bits per heavy atom. The highest BCUT2D eigenvalue weighted by Crippen LogP contribution is 2.28. The number of nitrogen functional groups attached to an aromatic ring is 1. The van der Waals surface area contributed by atoms with Gasteiger partial charge in [-0.2, -0.15) is 0 Å². The Bertz CT molecular complexity index is 1070. The molecule has 1 heterocycles. The summed E-state index contributed by atoms with van der Waals surface area (Å²) in [6.07, 6.45) is 0. The first-order chi connectivity index (χ1) is 15.8. The molecular formula is C25H33N5O2S. The third-order valence-electron chi connectivity index (χ3n) is 5.42. The van der Waals surface area contributed by atoms with Crippen LogP contribution >= 0.6 is 11.8 Å². The predicted octanol–water partition coefficient (Wildman–Crippen LogP) is 4.53. The average Bonchev–Trinajstić information content (AvgIpc) is 3.15. The van der Waals surface area contributed by atoms with Crippen molar-refractivity contribution in [3.63, 3.8) is 0 Å². The van der Waals surface area contributed by atoms with Crippen molar-refractivity contribution in [3.8, 4) is 5.75 Å². The minimum absolute atomic E-state index is 0.0356. The zero-order valence-electron chi connectivity index (χ0n) is 20.0. The maximum absolute atomic E-state index is 13.0. The summed E-state index contributed by atoms with van der Waals surface area (Å²) >= 11 is 1.30. The van der Waals surface area contributed by atoms with Crippen molar-refractivity contribution in [2.75, 3.05) is 12.4 Å². The van der Waals surface area contributed by atoms with Crippen LogP contribution in [-0.2, 0) is 17.9 Å². The molecule has 1 aromatic heterocycles. The van der Waals surface area contributed by atoms with Crippen molar-refractivity contribution >= 4 is 17.7 Å². The van der Waals surface area contributed by atoms with Crippen LogP contribution in [0.2, 0.25) is 0 Å². The quantitative estimate of drug-likeness (QED) is 0.348. The molecule has 7 nitrogen and oxygen atoms in total. The second-order valence-electron chi connectivity index (χ2n) is 8.35. The predicted molar refractivity (Wildman–Crippen MR) is 133 cm³/mol. The van der Waals surface area contributed by atoms with Gasteiger partial charge in [-0.25, -0.2) is 4.68 Å². The Hall–Kier alpha value is -3.00. The molecule has 3 aromatic rings. The molecule has 1 atom stereocenters. The van der Waals surface area contributed by atoms with Crippen LogP contribution in [0.1, 0.15) is 56.1 Å². The van der Waals surface area contributed by atoms with Crippen LogP contribution < -0.4 is 10.6 Å². The number of nitrogens with two attached hydrogens (primary N) is 1. The molecule has 0 fully saturated rings. The molecule has 8 heteroatoms. The number of hydrogen-bond acceptors (Lipinski definition) is 6.